The molecule has 0 radical (unpaired) electrons. The Labute approximate surface area is 129 Å². The summed E-state index contributed by atoms with van der Waals surface area (Å²) >= 11 is 0. The first-order chi connectivity index (χ1) is 10.9. The summed E-state index contributed by atoms with van der Waals surface area (Å²) in [6.07, 6.45) is 1.11. The Bertz CT molecular complexity index is 779. The van der Waals surface area contributed by atoms with Crippen molar-refractivity contribution < 1.29 is 0 Å². The average molecular weight is 290 g/mol. The predicted molar refractivity (Wildman–Crippen MR) is 89.9 cm³/mol. The molecule has 1 atom stereocenters. The second kappa shape index (κ2) is 5.73. The van der Waals surface area contributed by atoms with E-state index in [2.05, 4.69) is 33.8 Å². The molecule has 0 spiro atoms. The van der Waals surface area contributed by atoms with Gasteiger partial charge >= 0.3 is 0 Å². The number of nitrogens with one attached hydrogen (secondary N) is 2. The molecule has 1 aliphatic heterocycles. The van der Waals surface area contributed by atoms with E-state index in [4.69, 9.17) is 4.98 Å². The fourth-order valence-corrected chi connectivity index (χ4v) is 2.92. The van der Waals surface area contributed by atoms with Crippen LogP contribution in [0.15, 0.2) is 54.6 Å². The van der Waals surface area contributed by atoms with Crippen molar-refractivity contribution in [2.75, 3.05) is 18.4 Å². The average Bonchev–Trinajstić information content (AvgIpc) is 3.08. The van der Waals surface area contributed by atoms with Crippen LogP contribution < -0.4 is 10.6 Å². The number of fused-ring (bicyclic) bond motifs is 1. The van der Waals surface area contributed by atoms with Crippen LogP contribution in [0.3, 0.4) is 0 Å². The molecule has 1 aliphatic rings. The second-order valence-corrected chi connectivity index (χ2v) is 5.61. The predicted octanol–water partition coefficient (Wildman–Crippen LogP) is 3.07. The highest BCUT2D eigenvalue weighted by atomic mass is 15.1. The van der Waals surface area contributed by atoms with E-state index >= 15 is 0 Å². The highest BCUT2D eigenvalue weighted by Gasteiger charge is 2.16. The smallest absolute Gasteiger partial charge is 0.224 e. The van der Waals surface area contributed by atoms with Gasteiger partial charge in [-0.15, -0.1) is 0 Å². The summed E-state index contributed by atoms with van der Waals surface area (Å²) in [5.74, 6) is 0.714. The molecule has 4 nitrogen and oxygen atoms in total. The summed E-state index contributed by atoms with van der Waals surface area (Å²) in [6, 6.07) is 18.9. The molecule has 2 aromatic carbocycles. The van der Waals surface area contributed by atoms with E-state index in [1.165, 1.54) is 0 Å². The molecule has 4 heteroatoms. The number of anilines is 1. The van der Waals surface area contributed by atoms with E-state index in [0.29, 0.717) is 12.0 Å². The molecule has 3 aromatic rings. The topological polar surface area (TPSA) is 49.8 Å². The quantitative estimate of drug-likeness (QED) is 0.778. The minimum Gasteiger partial charge on any atom is -0.350 e. The van der Waals surface area contributed by atoms with Crippen molar-refractivity contribution in [1.82, 2.24) is 15.3 Å². The zero-order valence-corrected chi connectivity index (χ0v) is 12.3. The van der Waals surface area contributed by atoms with Crippen molar-refractivity contribution in [2.45, 2.75) is 12.5 Å². The van der Waals surface area contributed by atoms with Crippen LogP contribution in [-0.4, -0.2) is 29.1 Å². The first-order valence-corrected chi connectivity index (χ1v) is 7.69. The third-order valence-electron chi connectivity index (χ3n) is 4.04. The molecule has 2 heterocycles. The molecule has 0 bridgehead atoms. The van der Waals surface area contributed by atoms with Gasteiger partial charge in [-0.1, -0.05) is 48.5 Å². The van der Waals surface area contributed by atoms with Crippen LogP contribution in [0.5, 0.6) is 0 Å². The standard InChI is InChI=1S/C18H18N4/c1-2-6-13(7-3-1)17-15-8-4-5-9-16(15)21-18(22-17)20-14-10-11-19-12-14/h1-9,14,19H,10-12H2,(H,20,21,22)/t14-/m0/s1. The van der Waals surface area contributed by atoms with Crippen molar-refractivity contribution in [1.29, 1.82) is 0 Å². The van der Waals surface area contributed by atoms with E-state index in [-0.39, 0.29) is 0 Å². The molecular weight excluding hydrogens is 272 g/mol. The Morgan fingerprint density at radius 1 is 0.955 bits per heavy atom. The van der Waals surface area contributed by atoms with Crippen molar-refractivity contribution in [3.63, 3.8) is 0 Å². The normalized spacial score (nSPS) is 17.7. The summed E-state index contributed by atoms with van der Waals surface area (Å²) in [5.41, 5.74) is 3.08. The lowest BCUT2D eigenvalue weighted by Crippen LogP contribution is -2.23. The highest BCUT2D eigenvalue weighted by Crippen LogP contribution is 2.27. The summed E-state index contributed by atoms with van der Waals surface area (Å²) in [6.45, 7) is 2.02. The van der Waals surface area contributed by atoms with Crippen LogP contribution in [0.1, 0.15) is 6.42 Å². The lowest BCUT2D eigenvalue weighted by molar-refractivity contribution is 0.782. The monoisotopic (exact) mass is 290 g/mol. The Hall–Kier alpha value is -2.46. The Balaban J connectivity index is 1.82. The Morgan fingerprint density at radius 3 is 2.59 bits per heavy atom. The van der Waals surface area contributed by atoms with Crippen molar-refractivity contribution in [3.05, 3.63) is 54.6 Å². The number of nitrogens with zero attached hydrogens (tertiary/aromatic N) is 2. The van der Waals surface area contributed by atoms with Gasteiger partial charge in [0.05, 0.1) is 11.2 Å². The van der Waals surface area contributed by atoms with Gasteiger partial charge in [0.2, 0.25) is 5.95 Å². The van der Waals surface area contributed by atoms with E-state index in [1.807, 2.05) is 36.4 Å². The lowest BCUT2D eigenvalue weighted by atomic mass is 10.1. The number of rotatable bonds is 3. The zero-order chi connectivity index (χ0) is 14.8. The Kier molecular flexibility index (Phi) is 3.45. The second-order valence-electron chi connectivity index (χ2n) is 5.61. The first-order valence-electron chi connectivity index (χ1n) is 7.69. The van der Waals surface area contributed by atoms with Gasteiger partial charge in [0, 0.05) is 23.5 Å². The van der Waals surface area contributed by atoms with Gasteiger partial charge in [-0.3, -0.25) is 0 Å². The molecule has 0 saturated carbocycles. The SMILES string of the molecule is c1ccc(-c2nc(N[C@H]3CCNC3)nc3ccccc23)cc1. The van der Waals surface area contributed by atoms with Crippen LogP contribution in [0.25, 0.3) is 22.2 Å². The highest BCUT2D eigenvalue weighted by molar-refractivity contribution is 5.93. The molecular formula is C18H18N4. The zero-order valence-electron chi connectivity index (χ0n) is 12.3. The van der Waals surface area contributed by atoms with Gasteiger partial charge in [0.15, 0.2) is 0 Å². The molecule has 0 aliphatic carbocycles. The van der Waals surface area contributed by atoms with Crippen molar-refractivity contribution in [3.8, 4) is 11.3 Å². The molecule has 1 saturated heterocycles. The molecule has 1 aromatic heterocycles. The van der Waals surface area contributed by atoms with Crippen LogP contribution in [0.2, 0.25) is 0 Å². The summed E-state index contributed by atoms with van der Waals surface area (Å²) in [5, 5.41) is 7.90. The fourth-order valence-electron chi connectivity index (χ4n) is 2.92. The number of benzene rings is 2. The van der Waals surface area contributed by atoms with Crippen molar-refractivity contribution >= 4 is 16.9 Å². The molecule has 2 N–H and O–H groups in total. The molecule has 110 valence electrons. The maximum Gasteiger partial charge on any atom is 0.224 e. The van der Waals surface area contributed by atoms with Gasteiger partial charge < -0.3 is 10.6 Å². The van der Waals surface area contributed by atoms with Crippen LogP contribution in [-0.2, 0) is 0 Å². The van der Waals surface area contributed by atoms with Crippen LogP contribution >= 0.6 is 0 Å². The van der Waals surface area contributed by atoms with Gasteiger partial charge in [0.1, 0.15) is 0 Å². The van der Waals surface area contributed by atoms with Gasteiger partial charge in [-0.2, -0.15) is 0 Å². The van der Waals surface area contributed by atoms with Gasteiger partial charge in [0.25, 0.3) is 0 Å². The largest absolute Gasteiger partial charge is 0.350 e. The third-order valence-corrected chi connectivity index (χ3v) is 4.04. The van der Waals surface area contributed by atoms with Crippen LogP contribution in [0.4, 0.5) is 5.95 Å². The maximum absolute atomic E-state index is 4.78. The first kappa shape index (κ1) is 13.2. The van der Waals surface area contributed by atoms with Gasteiger partial charge in [-0.25, -0.2) is 9.97 Å². The molecule has 4 rings (SSSR count). The number of para-hydroxylation sites is 1. The molecule has 0 unspecified atom stereocenters. The number of hydrogen-bond donors (Lipinski definition) is 2. The summed E-state index contributed by atoms with van der Waals surface area (Å²) in [4.78, 5) is 9.46. The lowest BCUT2D eigenvalue weighted by Gasteiger charge is -2.14. The Morgan fingerprint density at radius 2 is 1.77 bits per heavy atom. The van der Waals surface area contributed by atoms with Crippen LogP contribution in [0, 0.1) is 0 Å². The van der Waals surface area contributed by atoms with Gasteiger partial charge in [-0.05, 0) is 19.0 Å². The minimum absolute atomic E-state index is 0.407. The molecule has 22 heavy (non-hydrogen) atoms. The number of aromatic nitrogens is 2. The van der Waals surface area contributed by atoms with E-state index < -0.39 is 0 Å². The third kappa shape index (κ3) is 2.53. The number of hydrogen-bond acceptors (Lipinski definition) is 4. The van der Waals surface area contributed by atoms with E-state index in [1.54, 1.807) is 0 Å². The minimum atomic E-state index is 0.407. The maximum atomic E-state index is 4.78. The summed E-state index contributed by atoms with van der Waals surface area (Å²) in [7, 11) is 0. The van der Waals surface area contributed by atoms with Crippen molar-refractivity contribution in [2.24, 2.45) is 0 Å². The van der Waals surface area contributed by atoms with E-state index in [9.17, 15) is 0 Å². The molecule has 1 fully saturated rings. The molecule has 0 amide bonds. The fraction of sp³-hybridized carbons (Fsp3) is 0.222. The summed E-state index contributed by atoms with van der Waals surface area (Å²) < 4.78 is 0. The van der Waals surface area contributed by atoms with E-state index in [0.717, 1.165) is 41.7 Å².